The molecule has 0 aliphatic carbocycles. The predicted molar refractivity (Wildman–Crippen MR) is 52.9 cm³/mol. The summed E-state index contributed by atoms with van der Waals surface area (Å²) in [5.74, 6) is -0.950. The van der Waals surface area contributed by atoms with Gasteiger partial charge in [0.05, 0.1) is 5.71 Å². The van der Waals surface area contributed by atoms with Gasteiger partial charge in [0.15, 0.2) is 0 Å². The fourth-order valence-electron chi connectivity index (χ4n) is 1.12. The molecule has 5 nitrogen and oxygen atoms in total. The van der Waals surface area contributed by atoms with Crippen molar-refractivity contribution in [3.05, 3.63) is 0 Å². The van der Waals surface area contributed by atoms with E-state index in [2.05, 4.69) is 5.16 Å². The maximum absolute atomic E-state index is 11.1. The van der Waals surface area contributed by atoms with Gasteiger partial charge in [-0.3, -0.25) is 10.0 Å². The molecule has 0 heterocycles. The van der Waals surface area contributed by atoms with Crippen LogP contribution in [0.2, 0.25) is 0 Å². The quantitative estimate of drug-likeness (QED) is 0.249. The molecule has 0 aliphatic heterocycles. The second-order valence-corrected chi connectivity index (χ2v) is 3.57. The fraction of sp³-hybridized carbons (Fsp3) is 0.750. The van der Waals surface area contributed by atoms with E-state index in [9.17, 15) is 10.0 Å². The summed E-state index contributed by atoms with van der Waals surface area (Å²) in [6, 6.07) is 0. The molecular weight excluding hydrogens is 208 g/mol. The maximum atomic E-state index is 11.1. The summed E-state index contributed by atoms with van der Waals surface area (Å²) in [5.41, 5.74) is -0.742. The number of hydroxylamine groups is 2. The first-order valence-corrected chi connectivity index (χ1v) is 4.74. The molecular formula is C8H15ClN2O3. The number of hydrogen-bond donors (Lipinski definition) is 2. The zero-order chi connectivity index (χ0) is 11.4. The number of rotatable bonds is 4. The molecule has 0 spiro atoms. The molecule has 0 saturated heterocycles. The van der Waals surface area contributed by atoms with Crippen molar-refractivity contribution in [3.8, 4) is 0 Å². The number of alkyl halides is 1. The third-order valence-corrected chi connectivity index (χ3v) is 2.27. The van der Waals surface area contributed by atoms with Gasteiger partial charge in [-0.2, -0.15) is 0 Å². The van der Waals surface area contributed by atoms with Gasteiger partial charge in [-0.15, -0.1) is 11.6 Å². The van der Waals surface area contributed by atoms with Gasteiger partial charge in [-0.1, -0.05) is 12.1 Å². The Bertz CT molecular complexity index is 241. The molecule has 0 saturated carbocycles. The van der Waals surface area contributed by atoms with Crippen LogP contribution in [-0.4, -0.2) is 38.5 Å². The second kappa shape index (κ2) is 5.17. The minimum absolute atomic E-state index is 0.304. The van der Waals surface area contributed by atoms with Crippen LogP contribution >= 0.6 is 11.6 Å². The predicted octanol–water partition coefficient (Wildman–Crippen LogP) is 1.46. The van der Waals surface area contributed by atoms with E-state index in [4.69, 9.17) is 16.8 Å². The molecule has 0 rings (SSSR count). The largest absolute Gasteiger partial charge is 0.411 e. The van der Waals surface area contributed by atoms with Gasteiger partial charge in [-0.05, 0) is 20.3 Å². The highest BCUT2D eigenvalue weighted by atomic mass is 35.5. The number of nitrogens with zero attached hydrogens (tertiary/aromatic N) is 2. The van der Waals surface area contributed by atoms with E-state index in [-0.39, 0.29) is 5.88 Å². The molecule has 2 N–H and O–H groups in total. The molecule has 82 valence electrons. The number of oxime groups is 1. The number of hydrogen-bond acceptors (Lipinski definition) is 4. The van der Waals surface area contributed by atoms with E-state index < -0.39 is 11.4 Å². The Morgan fingerprint density at radius 1 is 1.57 bits per heavy atom. The maximum Gasteiger partial charge on any atom is 0.261 e. The summed E-state index contributed by atoms with van der Waals surface area (Å²) in [5, 5.41) is 21.7. The van der Waals surface area contributed by atoms with Gasteiger partial charge in [-0.25, -0.2) is 5.06 Å². The van der Waals surface area contributed by atoms with Crippen LogP contribution in [0.1, 0.15) is 27.2 Å². The summed E-state index contributed by atoms with van der Waals surface area (Å²) in [6.07, 6.45) is 0.427. The Hall–Kier alpha value is -0.810. The normalized spacial score (nSPS) is 12.8. The molecule has 0 aromatic carbocycles. The van der Waals surface area contributed by atoms with E-state index in [1.54, 1.807) is 20.8 Å². The summed E-state index contributed by atoms with van der Waals surface area (Å²) in [4.78, 5) is 11.1. The molecule has 0 fully saturated rings. The lowest BCUT2D eigenvalue weighted by molar-refractivity contribution is -0.177. The van der Waals surface area contributed by atoms with Gasteiger partial charge in [0.1, 0.15) is 11.4 Å². The SMILES string of the molecule is CCC(=NO)C(C)(C)N(O)C(=O)CCl. The topological polar surface area (TPSA) is 73.1 Å². The van der Waals surface area contributed by atoms with E-state index in [1.807, 2.05) is 0 Å². The van der Waals surface area contributed by atoms with Crippen molar-refractivity contribution < 1.29 is 15.2 Å². The third-order valence-electron chi connectivity index (χ3n) is 2.04. The van der Waals surface area contributed by atoms with E-state index in [0.29, 0.717) is 17.2 Å². The van der Waals surface area contributed by atoms with E-state index in [1.165, 1.54) is 0 Å². The highest BCUT2D eigenvalue weighted by Gasteiger charge is 2.34. The van der Waals surface area contributed by atoms with Crippen LogP contribution in [0.3, 0.4) is 0 Å². The number of amides is 1. The first-order chi connectivity index (χ1) is 6.41. The Morgan fingerprint density at radius 2 is 2.07 bits per heavy atom. The van der Waals surface area contributed by atoms with Gasteiger partial charge < -0.3 is 5.21 Å². The van der Waals surface area contributed by atoms with Crippen molar-refractivity contribution in [2.24, 2.45) is 5.16 Å². The molecule has 0 aliphatic rings. The number of carbonyl (C=O) groups is 1. The monoisotopic (exact) mass is 222 g/mol. The van der Waals surface area contributed by atoms with Crippen LogP contribution in [0.15, 0.2) is 5.16 Å². The van der Waals surface area contributed by atoms with Gasteiger partial charge in [0, 0.05) is 0 Å². The molecule has 0 radical (unpaired) electrons. The van der Waals surface area contributed by atoms with Gasteiger partial charge >= 0.3 is 0 Å². The molecule has 0 bridgehead atoms. The van der Waals surface area contributed by atoms with Crippen LogP contribution in [0, 0.1) is 0 Å². The first-order valence-electron chi connectivity index (χ1n) is 4.21. The van der Waals surface area contributed by atoms with Crippen LogP contribution in [-0.2, 0) is 4.79 Å². The lowest BCUT2D eigenvalue weighted by Gasteiger charge is -2.32. The van der Waals surface area contributed by atoms with Crippen LogP contribution < -0.4 is 0 Å². The van der Waals surface area contributed by atoms with E-state index in [0.717, 1.165) is 0 Å². The Labute approximate surface area is 87.9 Å². The summed E-state index contributed by atoms with van der Waals surface area (Å²) in [6.45, 7) is 4.89. The Morgan fingerprint density at radius 3 is 2.36 bits per heavy atom. The molecule has 0 aromatic rings. The zero-order valence-corrected chi connectivity index (χ0v) is 9.25. The van der Waals surface area contributed by atoms with Crippen molar-refractivity contribution in [2.75, 3.05) is 5.88 Å². The van der Waals surface area contributed by atoms with Crippen LogP contribution in [0.4, 0.5) is 0 Å². The highest BCUT2D eigenvalue weighted by molar-refractivity contribution is 6.27. The highest BCUT2D eigenvalue weighted by Crippen LogP contribution is 2.17. The molecule has 1 amide bonds. The molecule has 14 heavy (non-hydrogen) atoms. The lowest BCUT2D eigenvalue weighted by atomic mass is 9.95. The van der Waals surface area contributed by atoms with Gasteiger partial charge in [0.25, 0.3) is 5.91 Å². The van der Waals surface area contributed by atoms with Crippen molar-refractivity contribution in [3.63, 3.8) is 0 Å². The smallest absolute Gasteiger partial charge is 0.261 e. The molecule has 0 aromatic heterocycles. The molecule has 0 atom stereocenters. The summed E-state index contributed by atoms with van der Waals surface area (Å²) in [7, 11) is 0. The van der Waals surface area contributed by atoms with Crippen molar-refractivity contribution in [1.29, 1.82) is 0 Å². The minimum Gasteiger partial charge on any atom is -0.411 e. The second-order valence-electron chi connectivity index (χ2n) is 3.30. The average Bonchev–Trinajstić information content (AvgIpc) is 2.16. The standard InChI is InChI=1S/C8H15ClN2O3/c1-4-6(10-13)8(2,3)11(14)7(12)5-9/h13-14H,4-5H2,1-3H3. The summed E-state index contributed by atoms with van der Waals surface area (Å²) < 4.78 is 0. The summed E-state index contributed by atoms with van der Waals surface area (Å²) >= 11 is 5.29. The van der Waals surface area contributed by atoms with E-state index >= 15 is 0 Å². The average molecular weight is 223 g/mol. The van der Waals surface area contributed by atoms with Gasteiger partial charge in [0.2, 0.25) is 0 Å². The third kappa shape index (κ3) is 2.59. The van der Waals surface area contributed by atoms with Crippen molar-refractivity contribution in [1.82, 2.24) is 5.06 Å². The lowest BCUT2D eigenvalue weighted by Crippen LogP contribution is -2.51. The number of halogens is 1. The fourth-order valence-corrected chi connectivity index (χ4v) is 1.23. The Kier molecular flexibility index (Phi) is 4.87. The Balaban J connectivity index is 4.84. The minimum atomic E-state index is -1.05. The molecule has 0 unspecified atom stereocenters. The number of carbonyl (C=O) groups excluding carboxylic acids is 1. The van der Waals surface area contributed by atoms with Crippen molar-refractivity contribution >= 4 is 23.2 Å². The zero-order valence-electron chi connectivity index (χ0n) is 8.49. The van der Waals surface area contributed by atoms with Crippen LogP contribution in [0.25, 0.3) is 0 Å². The van der Waals surface area contributed by atoms with Crippen LogP contribution in [0.5, 0.6) is 0 Å². The first kappa shape index (κ1) is 13.2. The van der Waals surface area contributed by atoms with Crippen molar-refractivity contribution in [2.45, 2.75) is 32.7 Å². The molecule has 6 heteroatoms.